The van der Waals surface area contributed by atoms with Crippen LogP contribution in [0.2, 0.25) is 0 Å². The average molecular weight is 501 g/mol. The van der Waals surface area contributed by atoms with E-state index in [1.54, 1.807) is 7.05 Å². The molecule has 28 heavy (non-hydrogen) atoms. The fourth-order valence-electron chi connectivity index (χ4n) is 3.41. The molecular formula is C21H26F2IN3O. The van der Waals surface area contributed by atoms with Crippen molar-refractivity contribution in [1.29, 1.82) is 0 Å². The summed E-state index contributed by atoms with van der Waals surface area (Å²) < 4.78 is 33.0. The van der Waals surface area contributed by atoms with Gasteiger partial charge in [-0.2, -0.15) is 0 Å². The Morgan fingerprint density at radius 1 is 1.21 bits per heavy atom. The number of benzene rings is 2. The second kappa shape index (κ2) is 10.7. The summed E-state index contributed by atoms with van der Waals surface area (Å²) in [5.41, 5.74) is 1.57. The van der Waals surface area contributed by atoms with E-state index < -0.39 is 11.6 Å². The van der Waals surface area contributed by atoms with E-state index in [1.165, 1.54) is 17.7 Å². The molecule has 0 aromatic heterocycles. The Morgan fingerprint density at radius 2 is 1.96 bits per heavy atom. The van der Waals surface area contributed by atoms with Crippen LogP contribution in [0.15, 0.2) is 53.5 Å². The standard InChI is InChI=1S/C21H25F2N3O.HI/c1-14(18-9-8-17(22)12-19(18)23)26-21(24-2)25-13-16-10-11-27-20(16)15-6-4-3-5-7-15;/h3-9,12,14,16,20H,10-11,13H2,1-2H3,(H2,24,25,26);1H. The highest BCUT2D eigenvalue weighted by molar-refractivity contribution is 14.0. The molecule has 2 N–H and O–H groups in total. The number of nitrogens with zero attached hydrogens (tertiary/aromatic N) is 1. The fourth-order valence-corrected chi connectivity index (χ4v) is 3.41. The highest BCUT2D eigenvalue weighted by Gasteiger charge is 2.29. The molecule has 0 spiro atoms. The maximum atomic E-state index is 14.0. The molecular weight excluding hydrogens is 475 g/mol. The zero-order valence-corrected chi connectivity index (χ0v) is 18.3. The number of nitrogens with one attached hydrogen (secondary N) is 2. The second-order valence-corrected chi connectivity index (χ2v) is 6.74. The maximum absolute atomic E-state index is 14.0. The average Bonchev–Trinajstić information content (AvgIpc) is 3.14. The smallest absolute Gasteiger partial charge is 0.191 e. The van der Waals surface area contributed by atoms with E-state index in [-0.39, 0.29) is 36.1 Å². The third-order valence-corrected chi connectivity index (χ3v) is 4.88. The third kappa shape index (κ3) is 5.64. The maximum Gasteiger partial charge on any atom is 0.191 e. The van der Waals surface area contributed by atoms with Gasteiger partial charge in [-0.3, -0.25) is 4.99 Å². The molecule has 152 valence electrons. The monoisotopic (exact) mass is 501 g/mol. The van der Waals surface area contributed by atoms with Crippen molar-refractivity contribution >= 4 is 29.9 Å². The topological polar surface area (TPSA) is 45.7 Å². The van der Waals surface area contributed by atoms with Crippen LogP contribution in [-0.4, -0.2) is 26.2 Å². The van der Waals surface area contributed by atoms with Crippen LogP contribution in [0.4, 0.5) is 8.78 Å². The van der Waals surface area contributed by atoms with Gasteiger partial charge in [0.05, 0.1) is 12.1 Å². The van der Waals surface area contributed by atoms with Gasteiger partial charge in [0.1, 0.15) is 11.6 Å². The summed E-state index contributed by atoms with van der Waals surface area (Å²) in [4.78, 5) is 4.22. The van der Waals surface area contributed by atoms with Crippen molar-refractivity contribution in [2.75, 3.05) is 20.2 Å². The van der Waals surface area contributed by atoms with Crippen LogP contribution in [0.25, 0.3) is 0 Å². The molecule has 1 fully saturated rings. The molecule has 1 heterocycles. The largest absolute Gasteiger partial charge is 0.373 e. The Balaban J connectivity index is 0.00000280. The molecule has 2 aromatic carbocycles. The minimum absolute atomic E-state index is 0. The van der Waals surface area contributed by atoms with Crippen molar-refractivity contribution in [2.24, 2.45) is 10.9 Å². The molecule has 1 saturated heterocycles. The molecule has 0 bridgehead atoms. The highest BCUT2D eigenvalue weighted by atomic mass is 127. The molecule has 0 aliphatic carbocycles. The van der Waals surface area contributed by atoms with Gasteiger partial charge in [-0.15, -0.1) is 24.0 Å². The Labute approximate surface area is 181 Å². The molecule has 0 radical (unpaired) electrons. The van der Waals surface area contributed by atoms with Crippen molar-refractivity contribution in [3.63, 3.8) is 0 Å². The number of ether oxygens (including phenoxy) is 1. The van der Waals surface area contributed by atoms with Crippen molar-refractivity contribution in [3.05, 3.63) is 71.3 Å². The van der Waals surface area contributed by atoms with E-state index in [0.717, 1.165) is 19.1 Å². The Bertz CT molecular complexity index is 788. The highest BCUT2D eigenvalue weighted by Crippen LogP contribution is 2.33. The van der Waals surface area contributed by atoms with E-state index >= 15 is 0 Å². The minimum Gasteiger partial charge on any atom is -0.373 e. The van der Waals surface area contributed by atoms with Gasteiger partial charge < -0.3 is 15.4 Å². The molecule has 0 amide bonds. The number of rotatable bonds is 5. The van der Waals surface area contributed by atoms with Crippen LogP contribution >= 0.6 is 24.0 Å². The minimum atomic E-state index is -0.584. The van der Waals surface area contributed by atoms with E-state index in [9.17, 15) is 8.78 Å². The van der Waals surface area contributed by atoms with Gasteiger partial charge in [0, 0.05) is 37.7 Å². The summed E-state index contributed by atoms with van der Waals surface area (Å²) in [7, 11) is 1.67. The molecule has 3 unspecified atom stereocenters. The van der Waals surface area contributed by atoms with Gasteiger partial charge in [-0.05, 0) is 25.0 Å². The Kier molecular flexibility index (Phi) is 8.62. The first kappa shape index (κ1) is 22.5. The lowest BCUT2D eigenvalue weighted by atomic mass is 9.95. The molecule has 4 nitrogen and oxygen atoms in total. The first-order chi connectivity index (χ1) is 13.1. The Hall–Kier alpha value is -1.74. The first-order valence-electron chi connectivity index (χ1n) is 9.17. The third-order valence-electron chi connectivity index (χ3n) is 4.88. The lowest BCUT2D eigenvalue weighted by Crippen LogP contribution is -2.41. The van der Waals surface area contributed by atoms with Gasteiger partial charge in [0.25, 0.3) is 0 Å². The fraction of sp³-hybridized carbons (Fsp3) is 0.381. The van der Waals surface area contributed by atoms with Gasteiger partial charge >= 0.3 is 0 Å². The first-order valence-corrected chi connectivity index (χ1v) is 9.17. The summed E-state index contributed by atoms with van der Waals surface area (Å²) in [6, 6.07) is 13.4. The summed E-state index contributed by atoms with van der Waals surface area (Å²) in [5.74, 6) is -0.258. The van der Waals surface area contributed by atoms with E-state index in [2.05, 4.69) is 27.8 Å². The van der Waals surface area contributed by atoms with Crippen LogP contribution in [0.5, 0.6) is 0 Å². The van der Waals surface area contributed by atoms with E-state index in [1.807, 2.05) is 25.1 Å². The number of halogens is 3. The van der Waals surface area contributed by atoms with Gasteiger partial charge in [-0.25, -0.2) is 8.78 Å². The SMILES string of the molecule is CN=C(NCC1CCOC1c1ccccc1)NC(C)c1ccc(F)cc1F.I. The van der Waals surface area contributed by atoms with Gasteiger partial charge in [0.2, 0.25) is 0 Å². The predicted molar refractivity (Wildman–Crippen MR) is 118 cm³/mol. The van der Waals surface area contributed by atoms with Crippen molar-refractivity contribution in [2.45, 2.75) is 25.5 Å². The molecule has 0 saturated carbocycles. The van der Waals surface area contributed by atoms with Gasteiger partial charge in [0.15, 0.2) is 5.96 Å². The summed E-state index contributed by atoms with van der Waals surface area (Å²) in [5, 5.41) is 6.46. The quantitative estimate of drug-likeness (QED) is 0.358. The number of aliphatic imine (C=N–C) groups is 1. The molecule has 1 aliphatic heterocycles. The molecule has 3 atom stereocenters. The van der Waals surface area contributed by atoms with Gasteiger partial charge in [-0.1, -0.05) is 36.4 Å². The molecule has 3 rings (SSSR count). The van der Waals surface area contributed by atoms with Crippen molar-refractivity contribution < 1.29 is 13.5 Å². The number of hydrogen-bond acceptors (Lipinski definition) is 2. The Morgan fingerprint density at radius 3 is 2.64 bits per heavy atom. The summed E-state index contributed by atoms with van der Waals surface area (Å²) in [6.45, 7) is 3.24. The second-order valence-electron chi connectivity index (χ2n) is 6.74. The lowest BCUT2D eigenvalue weighted by Gasteiger charge is -2.23. The summed E-state index contributed by atoms with van der Waals surface area (Å²) in [6.07, 6.45) is 1.02. The zero-order chi connectivity index (χ0) is 19.2. The van der Waals surface area contributed by atoms with Crippen molar-refractivity contribution in [1.82, 2.24) is 10.6 Å². The van der Waals surface area contributed by atoms with E-state index in [0.29, 0.717) is 24.0 Å². The lowest BCUT2D eigenvalue weighted by molar-refractivity contribution is 0.0915. The van der Waals surface area contributed by atoms with Crippen LogP contribution < -0.4 is 10.6 Å². The normalized spacial score (nSPS) is 20.4. The van der Waals surface area contributed by atoms with Crippen LogP contribution in [-0.2, 0) is 4.74 Å². The zero-order valence-electron chi connectivity index (χ0n) is 16.0. The molecule has 2 aromatic rings. The number of guanidine groups is 1. The van der Waals surface area contributed by atoms with Crippen molar-refractivity contribution in [3.8, 4) is 0 Å². The predicted octanol–water partition coefficient (Wildman–Crippen LogP) is 4.59. The summed E-state index contributed by atoms with van der Waals surface area (Å²) >= 11 is 0. The molecule has 7 heteroatoms. The van der Waals surface area contributed by atoms with Crippen LogP contribution in [0.1, 0.15) is 36.6 Å². The molecule has 1 aliphatic rings. The van der Waals surface area contributed by atoms with Crippen LogP contribution in [0.3, 0.4) is 0 Å². The van der Waals surface area contributed by atoms with Crippen LogP contribution in [0, 0.1) is 17.6 Å². The number of hydrogen-bond donors (Lipinski definition) is 2. The van der Waals surface area contributed by atoms with E-state index in [4.69, 9.17) is 4.74 Å².